The second-order valence-electron chi connectivity index (χ2n) is 6.78. The molecule has 0 unspecified atom stereocenters. The van der Waals surface area contributed by atoms with E-state index in [0.29, 0.717) is 0 Å². The monoisotopic (exact) mass is 468 g/mol. The molecule has 3 rings (SSSR count). The van der Waals surface area contributed by atoms with Crippen LogP contribution in [-0.4, -0.2) is 45.5 Å². The number of halogens is 2. The number of carbonyl (C=O) groups excluding carboxylic acids is 3. The lowest BCUT2D eigenvalue weighted by Crippen LogP contribution is -2.34. The first-order valence-corrected chi connectivity index (χ1v) is 10.8. The molecule has 1 saturated carbocycles. The van der Waals surface area contributed by atoms with Crippen molar-refractivity contribution in [1.29, 1.82) is 0 Å². The smallest absolute Gasteiger partial charge is 0.387 e. The number of carbonyl (C=O) groups is 3. The highest BCUT2D eigenvalue weighted by Crippen LogP contribution is 2.22. The van der Waals surface area contributed by atoms with E-state index in [1.807, 2.05) is 5.32 Å². The molecule has 0 radical (unpaired) electrons. The first kappa shape index (κ1) is 23.3. The summed E-state index contributed by atoms with van der Waals surface area (Å²) in [4.78, 5) is 35.9. The summed E-state index contributed by atoms with van der Waals surface area (Å²) in [7, 11) is -3.66. The van der Waals surface area contributed by atoms with Gasteiger partial charge in [-0.1, -0.05) is 0 Å². The van der Waals surface area contributed by atoms with Gasteiger partial charge in [-0.3, -0.25) is 14.9 Å². The third kappa shape index (κ3) is 6.56. The molecule has 2 N–H and O–H groups in total. The van der Waals surface area contributed by atoms with E-state index in [-0.39, 0.29) is 27.8 Å². The van der Waals surface area contributed by atoms with Crippen molar-refractivity contribution >= 4 is 27.8 Å². The molecule has 2 aromatic rings. The van der Waals surface area contributed by atoms with Crippen LogP contribution in [0.25, 0.3) is 0 Å². The van der Waals surface area contributed by atoms with E-state index in [4.69, 9.17) is 4.74 Å². The van der Waals surface area contributed by atoms with Crippen molar-refractivity contribution in [2.24, 2.45) is 0 Å². The normalized spacial score (nSPS) is 13.5. The van der Waals surface area contributed by atoms with Gasteiger partial charge in [0, 0.05) is 11.6 Å². The highest BCUT2D eigenvalue weighted by Gasteiger charge is 2.28. The van der Waals surface area contributed by atoms with E-state index in [9.17, 15) is 31.6 Å². The molecule has 0 spiro atoms. The van der Waals surface area contributed by atoms with Gasteiger partial charge in [-0.2, -0.15) is 8.78 Å². The summed E-state index contributed by atoms with van der Waals surface area (Å²) < 4.78 is 60.0. The minimum absolute atomic E-state index is 0.00268. The highest BCUT2D eigenvalue weighted by molar-refractivity contribution is 7.89. The van der Waals surface area contributed by atoms with Crippen LogP contribution in [0.3, 0.4) is 0 Å². The number of sulfonamides is 1. The molecule has 9 nitrogen and oxygen atoms in total. The molecule has 0 atom stereocenters. The first-order valence-electron chi connectivity index (χ1n) is 9.32. The van der Waals surface area contributed by atoms with E-state index < -0.39 is 41.0 Å². The molecule has 170 valence electrons. The van der Waals surface area contributed by atoms with Crippen LogP contribution >= 0.6 is 0 Å². The lowest BCUT2D eigenvalue weighted by atomic mass is 10.2. The number of esters is 1. The van der Waals surface area contributed by atoms with Gasteiger partial charge in [-0.25, -0.2) is 17.9 Å². The van der Waals surface area contributed by atoms with E-state index in [1.54, 1.807) is 0 Å². The fourth-order valence-electron chi connectivity index (χ4n) is 2.50. The maximum absolute atomic E-state index is 12.1. The van der Waals surface area contributed by atoms with Gasteiger partial charge in [0.15, 0.2) is 6.61 Å². The fourth-order valence-corrected chi connectivity index (χ4v) is 3.80. The molecule has 0 bridgehead atoms. The number of nitrogens with one attached hydrogen (secondary N) is 2. The Morgan fingerprint density at radius 1 is 0.969 bits per heavy atom. The number of hydrogen-bond acceptors (Lipinski definition) is 7. The zero-order valence-electron chi connectivity index (χ0n) is 16.4. The lowest BCUT2D eigenvalue weighted by molar-refractivity contribution is -0.123. The average molecular weight is 468 g/mol. The topological polar surface area (TPSA) is 128 Å². The Kier molecular flexibility index (Phi) is 7.15. The molecule has 2 aromatic carbocycles. The summed E-state index contributed by atoms with van der Waals surface area (Å²) >= 11 is 0. The van der Waals surface area contributed by atoms with Crippen molar-refractivity contribution in [1.82, 2.24) is 10.0 Å². The van der Waals surface area contributed by atoms with Gasteiger partial charge in [0.1, 0.15) is 5.75 Å². The molecular weight excluding hydrogens is 450 g/mol. The molecule has 0 heterocycles. The van der Waals surface area contributed by atoms with Crippen LogP contribution < -0.4 is 14.8 Å². The molecule has 0 aliphatic heterocycles. The molecule has 32 heavy (non-hydrogen) atoms. The molecule has 0 saturated heterocycles. The second kappa shape index (κ2) is 9.83. The van der Waals surface area contributed by atoms with Gasteiger partial charge in [0.2, 0.25) is 10.0 Å². The summed E-state index contributed by atoms with van der Waals surface area (Å²) in [6, 6.07) is 9.55. The Hall–Kier alpha value is -3.38. The number of amides is 2. The van der Waals surface area contributed by atoms with Gasteiger partial charge >= 0.3 is 12.6 Å². The van der Waals surface area contributed by atoms with Crippen LogP contribution in [-0.2, 0) is 19.6 Å². The van der Waals surface area contributed by atoms with E-state index in [0.717, 1.165) is 25.0 Å². The molecule has 0 aromatic heterocycles. The summed E-state index contributed by atoms with van der Waals surface area (Å²) in [5.74, 6) is -2.78. The minimum atomic E-state index is -3.66. The second-order valence-corrected chi connectivity index (χ2v) is 8.49. The summed E-state index contributed by atoms with van der Waals surface area (Å²) in [5.41, 5.74) is 0.0204. The van der Waals surface area contributed by atoms with Crippen molar-refractivity contribution in [3.63, 3.8) is 0 Å². The van der Waals surface area contributed by atoms with Crippen LogP contribution in [0.1, 0.15) is 33.6 Å². The molecule has 1 aliphatic carbocycles. The maximum atomic E-state index is 12.1. The van der Waals surface area contributed by atoms with E-state index in [1.165, 1.54) is 36.4 Å². The number of ether oxygens (including phenoxy) is 2. The zero-order chi connectivity index (χ0) is 23.3. The van der Waals surface area contributed by atoms with Crippen molar-refractivity contribution in [2.45, 2.75) is 30.4 Å². The van der Waals surface area contributed by atoms with Gasteiger partial charge in [-0.05, 0) is 61.4 Å². The van der Waals surface area contributed by atoms with Crippen molar-refractivity contribution in [2.75, 3.05) is 6.61 Å². The Labute approximate surface area is 181 Å². The predicted molar refractivity (Wildman–Crippen MR) is 106 cm³/mol. The van der Waals surface area contributed by atoms with Gasteiger partial charge < -0.3 is 9.47 Å². The number of imide groups is 1. The SMILES string of the molecule is O=C(COC(=O)c1ccc(S(=O)(=O)NC2CC2)cc1)NC(=O)c1ccc(OC(F)F)cc1. The summed E-state index contributed by atoms with van der Waals surface area (Å²) in [5, 5.41) is 1.98. The number of rotatable bonds is 9. The van der Waals surface area contributed by atoms with Crippen molar-refractivity contribution in [3.05, 3.63) is 59.7 Å². The van der Waals surface area contributed by atoms with Crippen LogP contribution in [0.4, 0.5) is 8.78 Å². The molecule has 1 fully saturated rings. The minimum Gasteiger partial charge on any atom is -0.452 e. The Balaban J connectivity index is 1.48. The maximum Gasteiger partial charge on any atom is 0.387 e. The van der Waals surface area contributed by atoms with Crippen LogP contribution in [0, 0.1) is 0 Å². The quantitative estimate of drug-likeness (QED) is 0.538. The Morgan fingerprint density at radius 3 is 2.12 bits per heavy atom. The van der Waals surface area contributed by atoms with Crippen molar-refractivity contribution in [3.8, 4) is 5.75 Å². The van der Waals surface area contributed by atoms with E-state index >= 15 is 0 Å². The van der Waals surface area contributed by atoms with Gasteiger partial charge in [0.25, 0.3) is 11.8 Å². The molecule has 2 amide bonds. The first-order chi connectivity index (χ1) is 15.1. The van der Waals surface area contributed by atoms with Crippen LogP contribution in [0.2, 0.25) is 0 Å². The molecule has 1 aliphatic rings. The van der Waals surface area contributed by atoms with E-state index in [2.05, 4.69) is 9.46 Å². The number of hydrogen-bond donors (Lipinski definition) is 2. The summed E-state index contributed by atoms with van der Waals surface area (Å²) in [6.45, 7) is -3.77. The third-order valence-corrected chi connectivity index (χ3v) is 5.76. The van der Waals surface area contributed by atoms with Gasteiger partial charge in [0.05, 0.1) is 10.5 Å². The molecule has 12 heteroatoms. The predicted octanol–water partition coefficient (Wildman–Crippen LogP) is 1.84. The van der Waals surface area contributed by atoms with Crippen LogP contribution in [0.5, 0.6) is 5.75 Å². The Morgan fingerprint density at radius 2 is 1.56 bits per heavy atom. The Bertz CT molecular complexity index is 1100. The zero-order valence-corrected chi connectivity index (χ0v) is 17.2. The highest BCUT2D eigenvalue weighted by atomic mass is 32.2. The summed E-state index contributed by atoms with van der Waals surface area (Å²) in [6.07, 6.45) is 1.57. The average Bonchev–Trinajstić information content (AvgIpc) is 3.55. The van der Waals surface area contributed by atoms with Gasteiger partial charge in [-0.15, -0.1) is 0 Å². The van der Waals surface area contributed by atoms with Crippen molar-refractivity contribution < 1.29 is 41.1 Å². The van der Waals surface area contributed by atoms with Crippen LogP contribution in [0.15, 0.2) is 53.4 Å². The third-order valence-electron chi connectivity index (χ3n) is 4.23. The molecular formula is C20H18F2N2O7S. The standard InChI is InChI=1S/C20H18F2N2O7S/c21-20(22)31-15-7-1-12(2-8-15)18(26)23-17(25)11-30-19(27)13-3-9-16(10-4-13)32(28,29)24-14-5-6-14/h1-4,7-10,14,20,24H,5-6,11H2,(H,23,25,26). The number of alkyl halides is 2. The number of benzene rings is 2. The lowest BCUT2D eigenvalue weighted by Gasteiger charge is -2.08. The largest absolute Gasteiger partial charge is 0.452 e. The fraction of sp³-hybridized carbons (Fsp3) is 0.250.